The SMILES string of the molecule is COc1ccc(Oc2cncc(C3CCN(Cc4cnc[nH]4)CC3)n2)cc1. The standard InChI is InChI=1S/C20H23N5O2/c1-26-17-2-4-18(5-3-17)27-20-12-21-11-19(24-20)15-6-8-25(9-7-15)13-16-10-22-14-23-16/h2-5,10-12,14-15H,6-9,13H2,1H3,(H,22,23). The van der Waals surface area contributed by atoms with Crippen LogP contribution in [0.1, 0.15) is 30.1 Å². The lowest BCUT2D eigenvalue weighted by Crippen LogP contribution is -2.32. The third kappa shape index (κ3) is 4.43. The Morgan fingerprint density at radius 2 is 1.81 bits per heavy atom. The van der Waals surface area contributed by atoms with Gasteiger partial charge in [0.05, 0.1) is 25.3 Å². The van der Waals surface area contributed by atoms with E-state index in [1.807, 2.05) is 36.7 Å². The fourth-order valence-electron chi connectivity index (χ4n) is 3.37. The van der Waals surface area contributed by atoms with Gasteiger partial charge < -0.3 is 14.5 Å². The number of piperidine rings is 1. The van der Waals surface area contributed by atoms with Gasteiger partial charge in [-0.2, -0.15) is 0 Å². The van der Waals surface area contributed by atoms with Crippen molar-refractivity contribution in [2.24, 2.45) is 0 Å². The van der Waals surface area contributed by atoms with Gasteiger partial charge in [0.15, 0.2) is 0 Å². The van der Waals surface area contributed by atoms with Gasteiger partial charge in [0.2, 0.25) is 5.88 Å². The number of nitrogens with one attached hydrogen (secondary N) is 1. The molecule has 0 atom stereocenters. The summed E-state index contributed by atoms with van der Waals surface area (Å²) >= 11 is 0. The largest absolute Gasteiger partial charge is 0.497 e. The Morgan fingerprint density at radius 3 is 2.52 bits per heavy atom. The lowest BCUT2D eigenvalue weighted by Gasteiger charge is -2.31. The van der Waals surface area contributed by atoms with Crippen LogP contribution in [-0.4, -0.2) is 45.0 Å². The molecule has 4 rings (SSSR count). The average Bonchev–Trinajstić information content (AvgIpc) is 3.22. The van der Waals surface area contributed by atoms with Gasteiger partial charge in [-0.3, -0.25) is 9.88 Å². The molecule has 3 aromatic rings. The first kappa shape index (κ1) is 17.5. The van der Waals surface area contributed by atoms with Crippen LogP contribution in [0.5, 0.6) is 17.4 Å². The smallest absolute Gasteiger partial charge is 0.238 e. The minimum Gasteiger partial charge on any atom is -0.497 e. The van der Waals surface area contributed by atoms with Crippen LogP contribution in [0.15, 0.2) is 49.2 Å². The average molecular weight is 365 g/mol. The molecule has 7 heteroatoms. The van der Waals surface area contributed by atoms with Gasteiger partial charge in [-0.15, -0.1) is 0 Å². The molecule has 1 saturated heterocycles. The second-order valence-corrected chi connectivity index (χ2v) is 6.69. The molecule has 0 aliphatic carbocycles. The second kappa shape index (κ2) is 8.18. The van der Waals surface area contributed by atoms with Crippen molar-refractivity contribution in [1.82, 2.24) is 24.8 Å². The summed E-state index contributed by atoms with van der Waals surface area (Å²) in [6, 6.07) is 7.45. The van der Waals surface area contributed by atoms with E-state index in [9.17, 15) is 0 Å². The van der Waals surface area contributed by atoms with Crippen molar-refractivity contribution in [2.45, 2.75) is 25.3 Å². The molecular formula is C20H23N5O2. The van der Waals surface area contributed by atoms with Crippen molar-refractivity contribution in [2.75, 3.05) is 20.2 Å². The minimum atomic E-state index is 0.412. The van der Waals surface area contributed by atoms with Crippen LogP contribution in [0, 0.1) is 0 Å². The van der Waals surface area contributed by atoms with Gasteiger partial charge in [-0.05, 0) is 50.2 Å². The number of rotatable bonds is 6. The van der Waals surface area contributed by atoms with Crippen LogP contribution < -0.4 is 9.47 Å². The number of hydrogen-bond acceptors (Lipinski definition) is 6. The highest BCUT2D eigenvalue weighted by Crippen LogP contribution is 2.29. The van der Waals surface area contributed by atoms with Crippen LogP contribution in [0.4, 0.5) is 0 Å². The molecule has 1 aromatic carbocycles. The molecule has 3 heterocycles. The molecule has 2 aromatic heterocycles. The lowest BCUT2D eigenvalue weighted by atomic mass is 9.94. The number of benzene rings is 1. The van der Waals surface area contributed by atoms with E-state index < -0.39 is 0 Å². The predicted molar refractivity (Wildman–Crippen MR) is 101 cm³/mol. The summed E-state index contributed by atoms with van der Waals surface area (Å²) < 4.78 is 11.0. The summed E-state index contributed by atoms with van der Waals surface area (Å²) in [7, 11) is 1.64. The maximum absolute atomic E-state index is 5.85. The first-order chi connectivity index (χ1) is 13.3. The highest BCUT2D eigenvalue weighted by atomic mass is 16.5. The Hall–Kier alpha value is -2.93. The summed E-state index contributed by atoms with van der Waals surface area (Å²) in [4.78, 5) is 18.7. The molecule has 0 unspecified atom stereocenters. The van der Waals surface area contributed by atoms with Gasteiger partial charge in [0.25, 0.3) is 0 Å². The normalized spacial score (nSPS) is 15.6. The van der Waals surface area contributed by atoms with Crippen LogP contribution in [0.25, 0.3) is 0 Å². The highest BCUT2D eigenvalue weighted by Gasteiger charge is 2.22. The number of aromatic amines is 1. The van der Waals surface area contributed by atoms with Gasteiger partial charge in [0, 0.05) is 30.6 Å². The third-order valence-corrected chi connectivity index (χ3v) is 4.87. The van der Waals surface area contributed by atoms with Gasteiger partial charge in [-0.1, -0.05) is 0 Å². The van der Waals surface area contributed by atoms with E-state index in [1.165, 1.54) is 0 Å². The fraction of sp³-hybridized carbons (Fsp3) is 0.350. The molecular weight excluding hydrogens is 342 g/mol. The van der Waals surface area contributed by atoms with Crippen LogP contribution >= 0.6 is 0 Å². The minimum absolute atomic E-state index is 0.412. The van der Waals surface area contributed by atoms with Crippen molar-refractivity contribution in [1.29, 1.82) is 0 Å². The number of nitrogens with zero attached hydrogens (tertiary/aromatic N) is 4. The summed E-state index contributed by atoms with van der Waals surface area (Å²) in [5.74, 6) is 2.45. The molecule has 1 aliphatic rings. The Balaban J connectivity index is 1.36. The van der Waals surface area contributed by atoms with E-state index in [4.69, 9.17) is 9.47 Å². The second-order valence-electron chi connectivity index (χ2n) is 6.69. The fourth-order valence-corrected chi connectivity index (χ4v) is 3.37. The van der Waals surface area contributed by atoms with E-state index in [2.05, 4.69) is 24.8 Å². The molecule has 0 bridgehead atoms. The van der Waals surface area contributed by atoms with Crippen LogP contribution in [-0.2, 0) is 6.54 Å². The molecule has 0 radical (unpaired) electrons. The quantitative estimate of drug-likeness (QED) is 0.722. The van der Waals surface area contributed by atoms with Crippen LogP contribution in [0.3, 0.4) is 0 Å². The number of H-pyrrole nitrogens is 1. The topological polar surface area (TPSA) is 76.2 Å². The van der Waals surface area contributed by atoms with Crippen molar-refractivity contribution in [3.63, 3.8) is 0 Å². The number of imidazole rings is 1. The zero-order valence-electron chi connectivity index (χ0n) is 15.3. The first-order valence-electron chi connectivity index (χ1n) is 9.13. The van der Waals surface area contributed by atoms with E-state index in [0.29, 0.717) is 11.8 Å². The molecule has 7 nitrogen and oxygen atoms in total. The third-order valence-electron chi connectivity index (χ3n) is 4.87. The Labute approximate surface area is 158 Å². The monoisotopic (exact) mass is 365 g/mol. The first-order valence-corrected chi connectivity index (χ1v) is 9.13. The molecule has 0 spiro atoms. The van der Waals surface area contributed by atoms with E-state index >= 15 is 0 Å². The predicted octanol–water partition coefficient (Wildman–Crippen LogP) is 3.38. The summed E-state index contributed by atoms with van der Waals surface area (Å²) in [5, 5.41) is 0. The molecule has 1 N–H and O–H groups in total. The number of aromatic nitrogens is 4. The molecule has 0 amide bonds. The molecule has 140 valence electrons. The Bertz CT molecular complexity index is 843. The maximum atomic E-state index is 5.85. The zero-order chi connectivity index (χ0) is 18.5. The molecule has 1 fully saturated rings. The van der Waals surface area contributed by atoms with Crippen LogP contribution in [0.2, 0.25) is 0 Å². The molecule has 27 heavy (non-hydrogen) atoms. The Morgan fingerprint density at radius 1 is 1.04 bits per heavy atom. The zero-order valence-corrected chi connectivity index (χ0v) is 15.3. The summed E-state index contributed by atoms with van der Waals surface area (Å²) in [5.41, 5.74) is 2.16. The Kier molecular flexibility index (Phi) is 5.29. The lowest BCUT2D eigenvalue weighted by molar-refractivity contribution is 0.201. The number of hydrogen-bond donors (Lipinski definition) is 1. The molecule has 0 saturated carbocycles. The number of methoxy groups -OCH3 is 1. The van der Waals surface area contributed by atoms with E-state index in [1.54, 1.807) is 19.6 Å². The van der Waals surface area contributed by atoms with Gasteiger partial charge in [-0.25, -0.2) is 9.97 Å². The summed E-state index contributed by atoms with van der Waals surface area (Å²) in [6.07, 6.45) is 9.25. The maximum Gasteiger partial charge on any atom is 0.238 e. The van der Waals surface area contributed by atoms with Crippen molar-refractivity contribution >= 4 is 0 Å². The summed E-state index contributed by atoms with van der Waals surface area (Å²) in [6.45, 7) is 2.99. The van der Waals surface area contributed by atoms with Gasteiger partial charge >= 0.3 is 0 Å². The van der Waals surface area contributed by atoms with Gasteiger partial charge in [0.1, 0.15) is 11.5 Å². The van der Waals surface area contributed by atoms with Crippen molar-refractivity contribution in [3.8, 4) is 17.4 Å². The molecule has 1 aliphatic heterocycles. The van der Waals surface area contributed by atoms with E-state index in [-0.39, 0.29) is 0 Å². The van der Waals surface area contributed by atoms with Crippen molar-refractivity contribution < 1.29 is 9.47 Å². The number of ether oxygens (including phenoxy) is 2. The highest BCUT2D eigenvalue weighted by molar-refractivity contribution is 5.33. The van der Waals surface area contributed by atoms with E-state index in [0.717, 1.165) is 55.4 Å². The number of likely N-dealkylation sites (tertiary alicyclic amines) is 1. The van der Waals surface area contributed by atoms with Crippen molar-refractivity contribution in [3.05, 3.63) is 60.6 Å².